The van der Waals surface area contributed by atoms with E-state index in [9.17, 15) is 22.8 Å². The van der Waals surface area contributed by atoms with Gasteiger partial charge in [-0.2, -0.15) is 0 Å². The van der Waals surface area contributed by atoms with Crippen LogP contribution in [0.3, 0.4) is 0 Å². The van der Waals surface area contributed by atoms with Gasteiger partial charge in [0, 0.05) is 19.6 Å². The number of aromatic nitrogens is 2. The minimum absolute atomic E-state index is 0.0293. The molecular formula is C20H27N5O5S. The number of carbonyl (C=O) groups is 1. The molecule has 1 unspecified atom stereocenters. The smallest absolute Gasteiger partial charge is 0.330 e. The number of nitrogen functional groups attached to an aromatic ring is 1. The van der Waals surface area contributed by atoms with Gasteiger partial charge in [0.2, 0.25) is 5.91 Å². The molecule has 1 atom stereocenters. The van der Waals surface area contributed by atoms with Gasteiger partial charge >= 0.3 is 5.69 Å². The number of amides is 1. The number of benzene rings is 1. The van der Waals surface area contributed by atoms with Crippen LogP contribution >= 0.6 is 0 Å². The summed E-state index contributed by atoms with van der Waals surface area (Å²) in [5.41, 5.74) is 5.78. The Morgan fingerprint density at radius 1 is 1.26 bits per heavy atom. The van der Waals surface area contributed by atoms with Gasteiger partial charge in [0.15, 0.2) is 9.84 Å². The second-order valence-corrected chi connectivity index (χ2v) is 9.87. The van der Waals surface area contributed by atoms with Crippen molar-refractivity contribution in [3.8, 4) is 0 Å². The Hall–Kier alpha value is -3.08. The lowest BCUT2D eigenvalue weighted by Gasteiger charge is -2.29. The zero-order chi connectivity index (χ0) is 22.8. The maximum absolute atomic E-state index is 12.8. The fraction of sp³-hybridized carbons (Fsp3) is 0.450. The van der Waals surface area contributed by atoms with Gasteiger partial charge in [0.05, 0.1) is 24.6 Å². The molecule has 1 aliphatic heterocycles. The average Bonchev–Trinajstić information content (AvgIpc) is 3.09. The molecule has 0 aliphatic carbocycles. The van der Waals surface area contributed by atoms with E-state index in [1.54, 1.807) is 14.0 Å². The third kappa shape index (κ3) is 4.98. The Bertz CT molecular complexity index is 1170. The van der Waals surface area contributed by atoms with E-state index >= 15 is 0 Å². The first kappa shape index (κ1) is 22.6. The maximum atomic E-state index is 12.8. The van der Waals surface area contributed by atoms with E-state index in [0.717, 1.165) is 5.56 Å². The van der Waals surface area contributed by atoms with Crippen LogP contribution in [0.15, 0.2) is 39.9 Å². The lowest BCUT2D eigenvalue weighted by Crippen LogP contribution is -2.46. The number of aromatic amines is 1. The number of H-pyrrole nitrogens is 1. The Balaban J connectivity index is 1.87. The third-order valence-electron chi connectivity index (χ3n) is 5.57. The minimum Gasteiger partial charge on any atom is -0.383 e. The number of hydrogen-bond acceptors (Lipinski definition) is 7. The Morgan fingerprint density at radius 3 is 2.52 bits per heavy atom. The van der Waals surface area contributed by atoms with E-state index in [1.807, 2.05) is 30.3 Å². The van der Waals surface area contributed by atoms with Crippen molar-refractivity contribution in [2.45, 2.75) is 25.9 Å². The molecule has 1 fully saturated rings. The Kier molecular flexibility index (Phi) is 6.54. The SMILES string of the molecule is CCN(CC(=O)N(C)C1CCS(=O)(=O)C1)c1c(N)n(Cc2ccccc2)c(=O)[nH]c1=O. The first-order chi connectivity index (χ1) is 14.6. The summed E-state index contributed by atoms with van der Waals surface area (Å²) in [5, 5.41) is 0. The van der Waals surface area contributed by atoms with Crippen molar-refractivity contribution in [1.29, 1.82) is 0 Å². The molecular weight excluding hydrogens is 422 g/mol. The number of hydrogen-bond donors (Lipinski definition) is 2. The summed E-state index contributed by atoms with van der Waals surface area (Å²) in [6.45, 7) is 2.05. The summed E-state index contributed by atoms with van der Waals surface area (Å²) in [6, 6.07) is 8.80. The van der Waals surface area contributed by atoms with Crippen molar-refractivity contribution in [3.63, 3.8) is 0 Å². The van der Waals surface area contributed by atoms with Crippen molar-refractivity contribution >= 4 is 27.2 Å². The number of nitrogens with one attached hydrogen (secondary N) is 1. The zero-order valence-corrected chi connectivity index (χ0v) is 18.4. The Labute approximate surface area is 180 Å². The molecule has 1 aromatic heterocycles. The van der Waals surface area contributed by atoms with Crippen molar-refractivity contribution in [2.24, 2.45) is 0 Å². The highest BCUT2D eigenvalue weighted by Gasteiger charge is 2.33. The molecule has 0 spiro atoms. The number of nitrogens with two attached hydrogens (primary N) is 1. The molecule has 1 aliphatic rings. The predicted octanol–water partition coefficient (Wildman–Crippen LogP) is -0.361. The zero-order valence-electron chi connectivity index (χ0n) is 17.6. The van der Waals surface area contributed by atoms with E-state index in [-0.39, 0.29) is 48.0 Å². The molecule has 0 bridgehead atoms. The first-order valence-corrected chi connectivity index (χ1v) is 11.8. The van der Waals surface area contributed by atoms with Gasteiger partial charge in [-0.05, 0) is 18.9 Å². The molecule has 1 amide bonds. The minimum atomic E-state index is -3.13. The summed E-state index contributed by atoms with van der Waals surface area (Å²) in [5.74, 6) is -0.363. The van der Waals surface area contributed by atoms with Crippen LogP contribution in [-0.4, -0.2) is 66.5 Å². The fourth-order valence-corrected chi connectivity index (χ4v) is 5.49. The first-order valence-electron chi connectivity index (χ1n) is 10.0. The maximum Gasteiger partial charge on any atom is 0.330 e. The predicted molar refractivity (Wildman–Crippen MR) is 119 cm³/mol. The van der Waals surface area contributed by atoms with Crippen LogP contribution in [0.4, 0.5) is 11.5 Å². The average molecular weight is 450 g/mol. The van der Waals surface area contributed by atoms with Crippen molar-refractivity contribution in [3.05, 3.63) is 56.7 Å². The van der Waals surface area contributed by atoms with Gasteiger partial charge in [0.25, 0.3) is 5.56 Å². The normalized spacial score (nSPS) is 17.4. The van der Waals surface area contributed by atoms with E-state index in [0.29, 0.717) is 13.0 Å². The lowest BCUT2D eigenvalue weighted by molar-refractivity contribution is -0.130. The molecule has 31 heavy (non-hydrogen) atoms. The van der Waals surface area contributed by atoms with Gasteiger partial charge in [-0.3, -0.25) is 19.1 Å². The summed E-state index contributed by atoms with van der Waals surface area (Å²) in [7, 11) is -1.57. The monoisotopic (exact) mass is 449 g/mol. The van der Waals surface area contributed by atoms with Crippen molar-refractivity contribution < 1.29 is 13.2 Å². The topological polar surface area (TPSA) is 139 Å². The number of likely N-dealkylation sites (N-methyl/N-ethyl adjacent to an activating group) is 2. The second-order valence-electron chi connectivity index (χ2n) is 7.64. The van der Waals surface area contributed by atoms with E-state index < -0.39 is 21.1 Å². The summed E-state index contributed by atoms with van der Waals surface area (Å²) >= 11 is 0. The number of sulfone groups is 1. The highest BCUT2D eigenvalue weighted by molar-refractivity contribution is 7.91. The van der Waals surface area contributed by atoms with Gasteiger partial charge < -0.3 is 15.5 Å². The number of rotatable bonds is 7. The van der Waals surface area contributed by atoms with Crippen molar-refractivity contribution in [2.75, 3.05) is 42.3 Å². The van der Waals surface area contributed by atoms with Crippen molar-refractivity contribution in [1.82, 2.24) is 14.5 Å². The molecule has 168 valence electrons. The van der Waals surface area contributed by atoms with E-state index in [4.69, 9.17) is 5.73 Å². The number of carbonyl (C=O) groups excluding carboxylic acids is 1. The van der Waals surface area contributed by atoms with Gasteiger partial charge in [-0.1, -0.05) is 30.3 Å². The molecule has 1 saturated heterocycles. The molecule has 2 aromatic rings. The number of anilines is 2. The molecule has 2 heterocycles. The molecule has 11 heteroatoms. The van der Waals surface area contributed by atoms with Crippen LogP contribution in [-0.2, 0) is 21.2 Å². The van der Waals surface area contributed by atoms with Crippen LogP contribution in [0.2, 0.25) is 0 Å². The standard InChI is InChI=1S/C20H27N5O5S/c1-3-24(12-16(26)23(2)15-9-10-31(29,30)13-15)17-18(21)25(20(28)22-19(17)27)11-14-7-5-4-6-8-14/h4-8,15H,3,9-13,21H2,1-2H3,(H,22,27,28). The molecule has 10 nitrogen and oxygen atoms in total. The lowest BCUT2D eigenvalue weighted by atomic mass is 10.2. The quantitative estimate of drug-likeness (QED) is 0.588. The van der Waals surface area contributed by atoms with Crippen LogP contribution in [0, 0.1) is 0 Å². The third-order valence-corrected chi connectivity index (χ3v) is 7.32. The van der Waals surface area contributed by atoms with E-state index in [1.165, 1.54) is 14.4 Å². The molecule has 3 rings (SSSR count). The summed E-state index contributed by atoms with van der Waals surface area (Å²) < 4.78 is 24.7. The highest BCUT2D eigenvalue weighted by Crippen LogP contribution is 2.20. The summed E-state index contributed by atoms with van der Waals surface area (Å²) in [6.07, 6.45) is 0.390. The van der Waals surface area contributed by atoms with Gasteiger partial charge in [-0.25, -0.2) is 13.2 Å². The molecule has 0 radical (unpaired) electrons. The van der Waals surface area contributed by atoms with Crippen LogP contribution in [0.1, 0.15) is 18.9 Å². The van der Waals surface area contributed by atoms with Crippen LogP contribution in [0.25, 0.3) is 0 Å². The van der Waals surface area contributed by atoms with E-state index in [2.05, 4.69) is 4.98 Å². The summed E-state index contributed by atoms with van der Waals surface area (Å²) in [4.78, 5) is 42.9. The van der Waals surface area contributed by atoms with Crippen LogP contribution < -0.4 is 21.9 Å². The fourth-order valence-electron chi connectivity index (χ4n) is 3.71. The number of nitrogens with zero attached hydrogens (tertiary/aromatic N) is 3. The van der Waals surface area contributed by atoms with Crippen LogP contribution in [0.5, 0.6) is 0 Å². The second kappa shape index (κ2) is 8.96. The van der Waals surface area contributed by atoms with Gasteiger partial charge in [0.1, 0.15) is 11.5 Å². The molecule has 3 N–H and O–H groups in total. The highest BCUT2D eigenvalue weighted by atomic mass is 32.2. The molecule has 1 aromatic carbocycles. The largest absolute Gasteiger partial charge is 0.383 e. The molecule has 0 saturated carbocycles. The Morgan fingerprint density at radius 2 is 1.94 bits per heavy atom. The van der Waals surface area contributed by atoms with Gasteiger partial charge in [-0.15, -0.1) is 0 Å².